The molecular weight excluding hydrogens is 272 g/mol. The second-order valence-electron chi connectivity index (χ2n) is 4.29. The van der Waals surface area contributed by atoms with Crippen molar-refractivity contribution in [2.45, 2.75) is 13.5 Å². The maximum Gasteiger partial charge on any atom is 0.354 e. The van der Waals surface area contributed by atoms with E-state index in [0.29, 0.717) is 17.1 Å². The van der Waals surface area contributed by atoms with Crippen LogP contribution in [0.4, 0.5) is 5.69 Å². The molecule has 0 aliphatic heterocycles. The Morgan fingerprint density at radius 1 is 1.19 bits per heavy atom. The number of hydrogen-bond acceptors (Lipinski definition) is 4. The fourth-order valence-electron chi connectivity index (χ4n) is 1.72. The molecule has 0 saturated heterocycles. The van der Waals surface area contributed by atoms with Crippen LogP contribution in [0.15, 0.2) is 42.5 Å². The lowest BCUT2D eigenvalue weighted by Crippen LogP contribution is -2.09. The molecule has 6 nitrogen and oxygen atoms in total. The van der Waals surface area contributed by atoms with E-state index < -0.39 is 5.97 Å². The molecule has 0 spiro atoms. The van der Waals surface area contributed by atoms with E-state index in [0.717, 1.165) is 0 Å². The maximum atomic E-state index is 11.1. The van der Waals surface area contributed by atoms with Gasteiger partial charge in [-0.15, -0.1) is 0 Å². The third-order valence-electron chi connectivity index (χ3n) is 2.60. The number of benzene rings is 1. The third-order valence-corrected chi connectivity index (χ3v) is 2.60. The summed E-state index contributed by atoms with van der Waals surface area (Å²) in [6, 6.07) is 11.7. The first-order valence-corrected chi connectivity index (χ1v) is 6.25. The monoisotopic (exact) mass is 286 g/mol. The third kappa shape index (κ3) is 4.04. The fourth-order valence-corrected chi connectivity index (χ4v) is 1.72. The quantitative estimate of drug-likeness (QED) is 0.880. The van der Waals surface area contributed by atoms with E-state index in [1.807, 2.05) is 0 Å². The number of nitrogens with one attached hydrogen (secondary N) is 1. The van der Waals surface area contributed by atoms with Crippen molar-refractivity contribution >= 4 is 17.6 Å². The molecule has 1 amide bonds. The number of aromatic nitrogens is 1. The van der Waals surface area contributed by atoms with Gasteiger partial charge in [-0.05, 0) is 24.3 Å². The Morgan fingerprint density at radius 3 is 2.67 bits per heavy atom. The molecule has 2 rings (SSSR count). The summed E-state index contributed by atoms with van der Waals surface area (Å²) in [6.07, 6.45) is 0. The molecular formula is C15H14N2O4. The summed E-state index contributed by atoms with van der Waals surface area (Å²) < 4.78 is 5.59. The lowest BCUT2D eigenvalue weighted by atomic mass is 10.3. The minimum atomic E-state index is -1.09. The normalized spacial score (nSPS) is 9.95. The number of amides is 1. The number of carboxylic acid groups (broad SMARTS) is 1. The fraction of sp³-hybridized carbons (Fsp3) is 0.133. The van der Waals surface area contributed by atoms with Crippen molar-refractivity contribution < 1.29 is 19.4 Å². The van der Waals surface area contributed by atoms with Crippen molar-refractivity contribution in [3.8, 4) is 5.75 Å². The Balaban J connectivity index is 2.11. The highest BCUT2D eigenvalue weighted by molar-refractivity contribution is 5.90. The van der Waals surface area contributed by atoms with Gasteiger partial charge in [-0.3, -0.25) is 4.79 Å². The Morgan fingerprint density at radius 2 is 1.95 bits per heavy atom. The number of pyridine rings is 1. The smallest absolute Gasteiger partial charge is 0.354 e. The average Bonchev–Trinajstić information content (AvgIpc) is 2.46. The van der Waals surface area contributed by atoms with E-state index in [2.05, 4.69) is 10.3 Å². The first kappa shape index (κ1) is 14.5. The lowest BCUT2D eigenvalue weighted by molar-refractivity contribution is -0.114. The van der Waals surface area contributed by atoms with Crippen molar-refractivity contribution in [1.82, 2.24) is 4.98 Å². The second kappa shape index (κ2) is 6.51. The molecule has 0 radical (unpaired) electrons. The number of para-hydroxylation sites is 2. The van der Waals surface area contributed by atoms with Gasteiger partial charge in [-0.25, -0.2) is 9.78 Å². The summed E-state index contributed by atoms with van der Waals surface area (Å²) in [4.78, 5) is 25.9. The number of anilines is 1. The summed E-state index contributed by atoms with van der Waals surface area (Å²) in [6.45, 7) is 1.52. The standard InChI is InChI=1S/C15H14N2O4/c1-10(18)16-12-6-2-3-8-14(12)21-9-11-5-4-7-13(17-11)15(19)20/h2-8H,9H2,1H3,(H,16,18)(H,19,20). The number of carbonyl (C=O) groups excluding carboxylic acids is 1. The highest BCUT2D eigenvalue weighted by Crippen LogP contribution is 2.24. The molecule has 6 heteroatoms. The minimum absolute atomic E-state index is 0.0359. The van der Waals surface area contributed by atoms with Gasteiger partial charge in [0.05, 0.1) is 11.4 Å². The van der Waals surface area contributed by atoms with Crippen LogP contribution in [0, 0.1) is 0 Å². The molecule has 2 aromatic rings. The van der Waals surface area contributed by atoms with Gasteiger partial charge < -0.3 is 15.2 Å². The molecule has 0 aliphatic carbocycles. The van der Waals surface area contributed by atoms with E-state index in [1.54, 1.807) is 36.4 Å². The van der Waals surface area contributed by atoms with E-state index in [9.17, 15) is 9.59 Å². The molecule has 1 heterocycles. The van der Waals surface area contributed by atoms with Gasteiger partial charge in [-0.2, -0.15) is 0 Å². The van der Waals surface area contributed by atoms with Crippen LogP contribution in [0.5, 0.6) is 5.75 Å². The summed E-state index contributed by atoms with van der Waals surface area (Å²) >= 11 is 0. The number of hydrogen-bond donors (Lipinski definition) is 2. The van der Waals surface area contributed by atoms with Gasteiger partial charge >= 0.3 is 5.97 Å². The van der Waals surface area contributed by atoms with Gasteiger partial charge in [0, 0.05) is 6.92 Å². The van der Waals surface area contributed by atoms with Crippen LogP contribution in [-0.2, 0) is 11.4 Å². The molecule has 0 saturated carbocycles. The Labute approximate surface area is 121 Å². The molecule has 108 valence electrons. The van der Waals surface area contributed by atoms with Gasteiger partial charge in [0.2, 0.25) is 5.91 Å². The van der Waals surface area contributed by atoms with Crippen molar-refractivity contribution in [1.29, 1.82) is 0 Å². The highest BCUT2D eigenvalue weighted by atomic mass is 16.5. The van der Waals surface area contributed by atoms with E-state index in [4.69, 9.17) is 9.84 Å². The number of rotatable bonds is 5. The van der Waals surface area contributed by atoms with Crippen molar-refractivity contribution in [2.24, 2.45) is 0 Å². The zero-order chi connectivity index (χ0) is 15.2. The van der Waals surface area contributed by atoms with Gasteiger partial charge in [0.15, 0.2) is 0 Å². The first-order chi connectivity index (χ1) is 10.1. The molecule has 1 aromatic carbocycles. The van der Waals surface area contributed by atoms with Crippen LogP contribution >= 0.6 is 0 Å². The van der Waals surface area contributed by atoms with E-state index >= 15 is 0 Å². The van der Waals surface area contributed by atoms with Crippen LogP contribution in [0.3, 0.4) is 0 Å². The summed E-state index contributed by atoms with van der Waals surface area (Å²) in [5.74, 6) is -0.789. The maximum absolute atomic E-state index is 11.1. The Hall–Kier alpha value is -2.89. The highest BCUT2D eigenvalue weighted by Gasteiger charge is 2.08. The summed E-state index contributed by atoms with van der Waals surface area (Å²) in [5, 5.41) is 11.5. The topological polar surface area (TPSA) is 88.5 Å². The number of carboxylic acids is 1. The molecule has 2 N–H and O–H groups in total. The summed E-state index contributed by atoms with van der Waals surface area (Å²) in [7, 11) is 0. The molecule has 0 unspecified atom stereocenters. The Bertz CT molecular complexity index is 670. The second-order valence-corrected chi connectivity index (χ2v) is 4.29. The van der Waals surface area contributed by atoms with Crippen molar-refractivity contribution in [3.05, 3.63) is 53.9 Å². The zero-order valence-corrected chi connectivity index (χ0v) is 11.4. The number of carbonyl (C=O) groups is 2. The zero-order valence-electron chi connectivity index (χ0n) is 11.4. The molecule has 21 heavy (non-hydrogen) atoms. The first-order valence-electron chi connectivity index (χ1n) is 6.25. The van der Waals surface area contributed by atoms with Crippen LogP contribution in [0.1, 0.15) is 23.1 Å². The van der Waals surface area contributed by atoms with Crippen LogP contribution in [0.25, 0.3) is 0 Å². The molecule has 0 atom stereocenters. The predicted octanol–water partition coefficient (Wildman–Crippen LogP) is 2.32. The van der Waals surface area contributed by atoms with Crippen LogP contribution in [0.2, 0.25) is 0 Å². The molecule has 1 aromatic heterocycles. The SMILES string of the molecule is CC(=O)Nc1ccccc1OCc1cccc(C(=O)O)n1. The van der Waals surface area contributed by atoms with Gasteiger partial charge in [0.1, 0.15) is 18.1 Å². The van der Waals surface area contributed by atoms with Gasteiger partial charge in [-0.1, -0.05) is 18.2 Å². The Kier molecular flexibility index (Phi) is 4.50. The molecule has 0 aliphatic rings. The van der Waals surface area contributed by atoms with Crippen LogP contribution in [-0.4, -0.2) is 22.0 Å². The van der Waals surface area contributed by atoms with E-state index in [-0.39, 0.29) is 18.2 Å². The van der Waals surface area contributed by atoms with E-state index in [1.165, 1.54) is 13.0 Å². The largest absolute Gasteiger partial charge is 0.485 e. The minimum Gasteiger partial charge on any atom is -0.485 e. The van der Waals surface area contributed by atoms with Crippen molar-refractivity contribution in [3.63, 3.8) is 0 Å². The predicted molar refractivity (Wildman–Crippen MR) is 76.3 cm³/mol. The van der Waals surface area contributed by atoms with Crippen LogP contribution < -0.4 is 10.1 Å². The van der Waals surface area contributed by atoms with Crippen molar-refractivity contribution in [2.75, 3.05) is 5.32 Å². The van der Waals surface area contributed by atoms with Gasteiger partial charge in [0.25, 0.3) is 0 Å². The summed E-state index contributed by atoms with van der Waals surface area (Å²) in [5.41, 5.74) is 1.01. The average molecular weight is 286 g/mol. The number of nitrogens with zero attached hydrogens (tertiary/aromatic N) is 1. The number of ether oxygens (including phenoxy) is 1. The lowest BCUT2D eigenvalue weighted by Gasteiger charge is -2.11. The number of aromatic carboxylic acids is 1. The molecule has 0 fully saturated rings. The molecule has 0 bridgehead atoms.